The molecule has 0 unspecified atom stereocenters. The van der Waals surface area contributed by atoms with Crippen LogP contribution in [0.4, 0.5) is 0 Å². The summed E-state index contributed by atoms with van der Waals surface area (Å²) in [5, 5.41) is 14.3. The Morgan fingerprint density at radius 3 is 2.80 bits per heavy atom. The van der Waals surface area contributed by atoms with Crippen molar-refractivity contribution in [2.75, 3.05) is 14.1 Å². The number of hydrogen-bond donors (Lipinski definition) is 2. The zero-order chi connectivity index (χ0) is 18.0. The van der Waals surface area contributed by atoms with Crippen LogP contribution in [0.3, 0.4) is 0 Å². The van der Waals surface area contributed by atoms with Crippen LogP contribution in [0, 0.1) is 0 Å². The first-order chi connectivity index (χ1) is 11.9. The third-order valence-electron chi connectivity index (χ3n) is 4.43. The van der Waals surface area contributed by atoms with Gasteiger partial charge in [0.1, 0.15) is 0 Å². The molecule has 0 fully saturated rings. The Morgan fingerprint density at radius 1 is 1.28 bits per heavy atom. The average molecular weight is 346 g/mol. The lowest BCUT2D eigenvalue weighted by Gasteiger charge is -2.22. The van der Waals surface area contributed by atoms with Crippen molar-refractivity contribution in [3.63, 3.8) is 0 Å². The van der Waals surface area contributed by atoms with E-state index in [-0.39, 0.29) is 5.91 Å². The van der Waals surface area contributed by atoms with E-state index >= 15 is 0 Å². The summed E-state index contributed by atoms with van der Waals surface area (Å²) < 4.78 is 5.27. The molecule has 1 amide bonds. The topological polar surface area (TPSA) is 99.9 Å². The number of aromatic amines is 1. The first-order valence-corrected chi connectivity index (χ1v) is 8.73. The Kier molecular flexibility index (Phi) is 4.89. The van der Waals surface area contributed by atoms with Crippen molar-refractivity contribution in [3.05, 3.63) is 28.7 Å². The van der Waals surface area contributed by atoms with Crippen molar-refractivity contribution in [2.45, 2.75) is 58.0 Å². The number of fused-ring (bicyclic) bond motifs is 1. The molecule has 25 heavy (non-hydrogen) atoms. The van der Waals surface area contributed by atoms with E-state index < -0.39 is 5.54 Å². The second-order valence-corrected chi connectivity index (χ2v) is 7.42. The molecule has 2 heterocycles. The zero-order valence-electron chi connectivity index (χ0n) is 15.3. The minimum Gasteiger partial charge on any atom is -0.338 e. The van der Waals surface area contributed by atoms with Crippen LogP contribution in [0.15, 0.2) is 4.52 Å². The number of amides is 1. The fourth-order valence-corrected chi connectivity index (χ4v) is 3.09. The number of rotatable bonds is 5. The van der Waals surface area contributed by atoms with Gasteiger partial charge in [-0.25, -0.2) is 0 Å². The Bertz CT molecular complexity index is 746. The Hall–Kier alpha value is -2.22. The van der Waals surface area contributed by atoms with E-state index in [2.05, 4.69) is 25.7 Å². The van der Waals surface area contributed by atoms with Gasteiger partial charge >= 0.3 is 0 Å². The second-order valence-electron chi connectivity index (χ2n) is 7.42. The average Bonchev–Trinajstić information content (AvgIpc) is 3.08. The number of nitrogens with one attached hydrogen (secondary N) is 2. The van der Waals surface area contributed by atoms with Gasteiger partial charge in [-0.05, 0) is 53.6 Å². The van der Waals surface area contributed by atoms with Crippen LogP contribution in [0.25, 0.3) is 0 Å². The third-order valence-corrected chi connectivity index (χ3v) is 4.43. The lowest BCUT2D eigenvalue weighted by atomic mass is 10.0. The highest BCUT2D eigenvalue weighted by atomic mass is 16.5. The predicted molar refractivity (Wildman–Crippen MR) is 92.0 cm³/mol. The van der Waals surface area contributed by atoms with Gasteiger partial charge in [0, 0.05) is 11.3 Å². The lowest BCUT2D eigenvalue weighted by molar-refractivity contribution is 0.0901. The summed E-state index contributed by atoms with van der Waals surface area (Å²) in [7, 11) is 3.86. The third kappa shape index (κ3) is 3.89. The minimum atomic E-state index is -0.748. The van der Waals surface area contributed by atoms with Gasteiger partial charge in [0.2, 0.25) is 5.89 Å². The molecule has 0 aromatic carbocycles. The van der Waals surface area contributed by atoms with E-state index in [0.717, 1.165) is 36.9 Å². The van der Waals surface area contributed by atoms with Crippen LogP contribution in [0.5, 0.6) is 0 Å². The van der Waals surface area contributed by atoms with E-state index in [9.17, 15) is 4.79 Å². The maximum Gasteiger partial charge on any atom is 0.272 e. The zero-order valence-corrected chi connectivity index (χ0v) is 15.3. The molecule has 0 saturated heterocycles. The highest BCUT2D eigenvalue weighted by molar-refractivity contribution is 5.94. The summed E-state index contributed by atoms with van der Waals surface area (Å²) in [6.07, 6.45) is 5.27. The van der Waals surface area contributed by atoms with Gasteiger partial charge in [0.25, 0.3) is 5.91 Å². The van der Waals surface area contributed by atoms with Crippen molar-refractivity contribution >= 4 is 5.91 Å². The van der Waals surface area contributed by atoms with Crippen molar-refractivity contribution in [2.24, 2.45) is 0 Å². The van der Waals surface area contributed by atoms with Crippen molar-refractivity contribution < 1.29 is 9.32 Å². The van der Waals surface area contributed by atoms with Crippen LogP contribution in [0.1, 0.15) is 66.6 Å². The molecule has 136 valence electrons. The maximum atomic E-state index is 12.8. The van der Waals surface area contributed by atoms with Crippen molar-refractivity contribution in [3.8, 4) is 0 Å². The standard InChI is InChI=1S/C17H26N6O2/c1-17(2,16-18-13(25-22-16)10-23(3)4)19-15(24)14-11-8-6-5-7-9-12(11)20-21-14/h5-10H2,1-4H3,(H,19,24)(H,20,21). The van der Waals surface area contributed by atoms with E-state index in [1.165, 1.54) is 6.42 Å². The van der Waals surface area contributed by atoms with Gasteiger partial charge in [0.05, 0.1) is 12.1 Å². The number of carbonyl (C=O) groups excluding carboxylic acids is 1. The van der Waals surface area contributed by atoms with Gasteiger partial charge in [-0.15, -0.1) is 0 Å². The van der Waals surface area contributed by atoms with Gasteiger partial charge < -0.3 is 14.7 Å². The SMILES string of the molecule is CN(C)Cc1nc(C(C)(C)NC(=O)c2n[nH]c3c2CCCCC3)no1. The summed E-state index contributed by atoms with van der Waals surface area (Å²) in [4.78, 5) is 19.1. The number of H-pyrrole nitrogens is 1. The molecule has 0 bridgehead atoms. The molecule has 1 aliphatic rings. The molecule has 8 heteroatoms. The maximum absolute atomic E-state index is 12.8. The van der Waals surface area contributed by atoms with Crippen molar-refractivity contribution in [1.82, 2.24) is 30.6 Å². The van der Waals surface area contributed by atoms with Crippen LogP contribution in [-0.4, -0.2) is 45.2 Å². The number of aromatic nitrogens is 4. The molecular formula is C17H26N6O2. The molecule has 0 atom stereocenters. The van der Waals surface area contributed by atoms with Crippen LogP contribution in [0.2, 0.25) is 0 Å². The summed E-state index contributed by atoms with van der Waals surface area (Å²) >= 11 is 0. The highest BCUT2D eigenvalue weighted by Gasteiger charge is 2.31. The normalized spacial score (nSPS) is 15.1. The first kappa shape index (κ1) is 17.6. The molecule has 1 aliphatic carbocycles. The lowest BCUT2D eigenvalue weighted by Crippen LogP contribution is -2.42. The fraction of sp³-hybridized carbons (Fsp3) is 0.647. The first-order valence-electron chi connectivity index (χ1n) is 8.73. The predicted octanol–water partition coefficient (Wildman–Crippen LogP) is 1.79. The van der Waals surface area contributed by atoms with Crippen LogP contribution in [-0.2, 0) is 24.9 Å². The quantitative estimate of drug-likeness (QED) is 0.801. The molecule has 2 N–H and O–H groups in total. The number of aryl methyl sites for hydroxylation is 1. The molecule has 8 nitrogen and oxygen atoms in total. The molecular weight excluding hydrogens is 320 g/mol. The molecule has 0 radical (unpaired) electrons. The summed E-state index contributed by atoms with van der Waals surface area (Å²) in [6, 6.07) is 0. The molecule has 2 aromatic heterocycles. The second kappa shape index (κ2) is 6.95. The van der Waals surface area contributed by atoms with E-state index in [4.69, 9.17) is 4.52 Å². The van der Waals surface area contributed by atoms with E-state index in [1.54, 1.807) is 0 Å². The van der Waals surface area contributed by atoms with Gasteiger partial charge in [-0.3, -0.25) is 9.89 Å². The number of nitrogens with zero attached hydrogens (tertiary/aromatic N) is 4. The minimum absolute atomic E-state index is 0.205. The van der Waals surface area contributed by atoms with Crippen LogP contribution >= 0.6 is 0 Å². The summed E-state index contributed by atoms with van der Waals surface area (Å²) in [5.41, 5.74) is 1.88. The number of hydrogen-bond acceptors (Lipinski definition) is 6. The Labute approximate surface area is 147 Å². The van der Waals surface area contributed by atoms with Crippen LogP contribution < -0.4 is 5.32 Å². The summed E-state index contributed by atoms with van der Waals surface area (Å²) in [5.74, 6) is 0.777. The summed E-state index contributed by atoms with van der Waals surface area (Å²) in [6.45, 7) is 4.28. The molecule has 2 aromatic rings. The fourth-order valence-electron chi connectivity index (χ4n) is 3.09. The largest absolute Gasteiger partial charge is 0.338 e. The van der Waals surface area contributed by atoms with E-state index in [1.807, 2.05) is 32.8 Å². The molecule has 0 spiro atoms. The van der Waals surface area contributed by atoms with Crippen molar-refractivity contribution in [1.29, 1.82) is 0 Å². The Morgan fingerprint density at radius 2 is 2.04 bits per heavy atom. The van der Waals surface area contributed by atoms with Gasteiger partial charge in [-0.1, -0.05) is 11.6 Å². The highest BCUT2D eigenvalue weighted by Crippen LogP contribution is 2.23. The molecule has 3 rings (SSSR count). The van der Waals surface area contributed by atoms with Gasteiger partial charge in [-0.2, -0.15) is 10.1 Å². The smallest absolute Gasteiger partial charge is 0.272 e. The molecule has 0 aliphatic heterocycles. The monoisotopic (exact) mass is 346 g/mol. The number of carbonyl (C=O) groups is 1. The molecule has 0 saturated carbocycles. The van der Waals surface area contributed by atoms with E-state index in [0.29, 0.717) is 24.0 Å². The van der Waals surface area contributed by atoms with Gasteiger partial charge in [0.15, 0.2) is 11.5 Å². The Balaban J connectivity index is 1.75.